The number of rotatable bonds is 5. The van der Waals surface area contributed by atoms with Crippen molar-refractivity contribution < 1.29 is 24.5 Å². The highest BCUT2D eigenvalue weighted by molar-refractivity contribution is 5.83. The zero-order valence-electron chi connectivity index (χ0n) is 17.5. The Morgan fingerprint density at radius 3 is 2.83 bits per heavy atom. The van der Waals surface area contributed by atoms with Crippen molar-refractivity contribution in [1.82, 2.24) is 9.88 Å². The Bertz CT molecular complexity index is 887. The molecule has 2 aromatic rings. The molecule has 0 saturated carbocycles. The number of benzene rings is 1. The molecule has 162 valence electrons. The number of aliphatic hydroxyl groups excluding tert-OH is 1. The summed E-state index contributed by atoms with van der Waals surface area (Å²) in [6, 6.07) is 7.96. The molecule has 7 heteroatoms. The smallest absolute Gasteiger partial charge is 0.251 e. The number of aliphatic hydroxyl groups is 1. The molecular formula is C23H29N2O5-. The lowest BCUT2D eigenvalue weighted by Crippen LogP contribution is -2.54. The van der Waals surface area contributed by atoms with E-state index in [1.165, 1.54) is 6.42 Å². The first-order chi connectivity index (χ1) is 14.5. The Morgan fingerprint density at radius 1 is 1.47 bits per heavy atom. The second-order valence-electron chi connectivity index (χ2n) is 7.66. The van der Waals surface area contributed by atoms with Crippen LogP contribution in [0.25, 0.3) is 10.9 Å². The molecule has 0 aliphatic carbocycles. The van der Waals surface area contributed by atoms with Gasteiger partial charge in [0.1, 0.15) is 5.75 Å². The summed E-state index contributed by atoms with van der Waals surface area (Å²) < 4.78 is 9.20. The Kier molecular flexibility index (Phi) is 7.29. The monoisotopic (exact) mass is 413 g/mol. The minimum Gasteiger partial charge on any atom is -0.550 e. The Hall–Kier alpha value is -2.64. The van der Waals surface area contributed by atoms with E-state index in [2.05, 4.69) is 27.3 Å². The number of piperidine rings is 3. The number of hydrogen-bond acceptors (Lipinski definition) is 7. The number of aromatic nitrogens is 1. The van der Waals surface area contributed by atoms with Crippen molar-refractivity contribution in [1.29, 1.82) is 0 Å². The number of methoxy groups -OCH3 is 1. The average Bonchev–Trinajstić information content (AvgIpc) is 2.78. The summed E-state index contributed by atoms with van der Waals surface area (Å²) in [5, 5.41) is 21.4. The summed E-state index contributed by atoms with van der Waals surface area (Å²) in [6.07, 6.45) is 4.16. The zero-order chi connectivity index (χ0) is 21.7. The highest BCUT2D eigenvalue weighted by atomic mass is 16.7. The van der Waals surface area contributed by atoms with E-state index in [1.54, 1.807) is 20.2 Å². The lowest BCUT2D eigenvalue weighted by atomic mass is 9.73. The van der Waals surface area contributed by atoms with Gasteiger partial charge in [0.25, 0.3) is 6.16 Å². The van der Waals surface area contributed by atoms with Crippen LogP contribution in [0.15, 0.2) is 43.1 Å². The second kappa shape index (κ2) is 9.91. The van der Waals surface area contributed by atoms with Crippen LogP contribution in [-0.2, 0) is 4.74 Å². The molecule has 5 atom stereocenters. The first-order valence-electron chi connectivity index (χ1n) is 10.3. The third-order valence-corrected chi connectivity index (χ3v) is 6.08. The molecule has 3 aliphatic heterocycles. The second-order valence-corrected chi connectivity index (χ2v) is 7.66. The van der Waals surface area contributed by atoms with Gasteiger partial charge in [-0.25, -0.2) is 0 Å². The van der Waals surface area contributed by atoms with Crippen molar-refractivity contribution in [3.05, 3.63) is 48.7 Å². The number of fused-ring (bicyclic) bond motifs is 4. The van der Waals surface area contributed by atoms with Gasteiger partial charge in [0.05, 0.1) is 18.7 Å². The first-order valence-corrected chi connectivity index (χ1v) is 10.3. The summed E-state index contributed by atoms with van der Waals surface area (Å²) in [5.74, 6) is 2.01. The number of carbonyl (C=O) groups excluding carboxylic acids is 1. The minimum absolute atomic E-state index is 0.169. The SMILES string of the molecule is C=C[C@H]1CN2CC[C@H]1C[C@H]2[C@H](O)c1ccnc2ccc(OC)cc12.CCOC(=O)[O-]. The van der Waals surface area contributed by atoms with Crippen LogP contribution in [0.3, 0.4) is 0 Å². The average molecular weight is 413 g/mol. The molecule has 3 aliphatic rings. The Labute approximate surface area is 176 Å². The van der Waals surface area contributed by atoms with E-state index < -0.39 is 12.3 Å². The number of carboxylic acid groups (broad SMARTS) is 1. The molecule has 0 radical (unpaired) electrons. The van der Waals surface area contributed by atoms with E-state index in [-0.39, 0.29) is 12.6 Å². The van der Waals surface area contributed by atoms with E-state index in [4.69, 9.17) is 4.74 Å². The van der Waals surface area contributed by atoms with Crippen LogP contribution < -0.4 is 9.84 Å². The lowest BCUT2D eigenvalue weighted by molar-refractivity contribution is -0.282. The van der Waals surface area contributed by atoms with Crippen LogP contribution in [-0.4, -0.2) is 54.0 Å². The summed E-state index contributed by atoms with van der Waals surface area (Å²) in [5.41, 5.74) is 1.85. The molecule has 1 unspecified atom stereocenters. The van der Waals surface area contributed by atoms with Gasteiger partial charge >= 0.3 is 0 Å². The van der Waals surface area contributed by atoms with Gasteiger partial charge in [0.2, 0.25) is 0 Å². The van der Waals surface area contributed by atoms with Crippen LogP contribution >= 0.6 is 0 Å². The molecule has 4 heterocycles. The third-order valence-electron chi connectivity index (χ3n) is 6.08. The first kappa shape index (κ1) is 22.1. The molecule has 1 N–H and O–H groups in total. The molecule has 0 spiro atoms. The van der Waals surface area contributed by atoms with Crippen molar-refractivity contribution in [2.45, 2.75) is 31.9 Å². The van der Waals surface area contributed by atoms with Gasteiger partial charge in [-0.15, -0.1) is 6.58 Å². The molecule has 2 bridgehead atoms. The van der Waals surface area contributed by atoms with Gasteiger partial charge in [-0.3, -0.25) is 9.88 Å². The van der Waals surface area contributed by atoms with Crippen molar-refractivity contribution >= 4 is 17.1 Å². The number of carbonyl (C=O) groups is 1. The number of pyridine rings is 1. The largest absolute Gasteiger partial charge is 0.550 e. The highest BCUT2D eigenvalue weighted by Crippen LogP contribution is 2.42. The van der Waals surface area contributed by atoms with Crippen molar-refractivity contribution in [2.24, 2.45) is 11.8 Å². The van der Waals surface area contributed by atoms with Crippen LogP contribution in [0.1, 0.15) is 31.4 Å². The molecule has 3 saturated heterocycles. The van der Waals surface area contributed by atoms with Gasteiger partial charge in [0.15, 0.2) is 0 Å². The molecule has 0 amide bonds. The van der Waals surface area contributed by atoms with Gasteiger partial charge < -0.3 is 24.5 Å². The lowest BCUT2D eigenvalue weighted by Gasteiger charge is -2.50. The summed E-state index contributed by atoms with van der Waals surface area (Å²) in [4.78, 5) is 16.1. The fourth-order valence-electron chi connectivity index (χ4n) is 4.56. The maximum atomic E-state index is 11.2. The standard InChI is InChI=1S/C20H24N2O2.C3H6O3/c1-3-13-12-22-9-7-14(13)10-19(22)20(23)16-6-8-21-18-5-4-15(24-2)11-17(16)18;1-2-6-3(4)5/h3-6,8,11,13-14,19-20,23H,1,7,9-10,12H2,2H3;2H2,1H3,(H,4,5)/p-1/t13-,14-,19-,20+;/m0./s1. The van der Waals surface area contributed by atoms with Crippen molar-refractivity contribution in [3.8, 4) is 5.75 Å². The minimum atomic E-state index is -1.46. The van der Waals surface area contributed by atoms with E-state index in [0.29, 0.717) is 11.8 Å². The van der Waals surface area contributed by atoms with Gasteiger partial charge in [-0.2, -0.15) is 0 Å². The fraction of sp³-hybridized carbons (Fsp3) is 0.478. The van der Waals surface area contributed by atoms with Crippen LogP contribution in [0.5, 0.6) is 5.75 Å². The quantitative estimate of drug-likeness (QED) is 0.594. The van der Waals surface area contributed by atoms with Crippen LogP contribution in [0.4, 0.5) is 4.79 Å². The highest BCUT2D eigenvalue weighted by Gasteiger charge is 2.42. The summed E-state index contributed by atoms with van der Waals surface area (Å²) in [7, 11) is 1.66. The maximum absolute atomic E-state index is 11.2. The number of ether oxygens (including phenoxy) is 2. The molecule has 30 heavy (non-hydrogen) atoms. The maximum Gasteiger partial charge on any atom is 0.251 e. The Balaban J connectivity index is 0.000000377. The number of nitrogens with zero attached hydrogens (tertiary/aromatic N) is 2. The molecule has 1 aromatic heterocycles. The van der Waals surface area contributed by atoms with Crippen LogP contribution in [0.2, 0.25) is 0 Å². The predicted molar refractivity (Wildman–Crippen MR) is 112 cm³/mol. The summed E-state index contributed by atoms with van der Waals surface area (Å²) in [6.45, 7) is 7.82. The molecule has 5 rings (SSSR count). The van der Waals surface area contributed by atoms with E-state index in [0.717, 1.165) is 41.7 Å². The van der Waals surface area contributed by atoms with Crippen LogP contribution in [0, 0.1) is 11.8 Å². The van der Waals surface area contributed by atoms with Crippen molar-refractivity contribution in [3.63, 3.8) is 0 Å². The van der Waals surface area contributed by atoms with Crippen molar-refractivity contribution in [2.75, 3.05) is 26.8 Å². The van der Waals surface area contributed by atoms with Gasteiger partial charge in [-0.05, 0) is 68.0 Å². The third kappa shape index (κ3) is 4.74. The fourth-order valence-corrected chi connectivity index (χ4v) is 4.56. The van der Waals surface area contributed by atoms with E-state index in [9.17, 15) is 15.0 Å². The Morgan fingerprint density at radius 2 is 2.27 bits per heavy atom. The normalized spacial score (nSPS) is 25.7. The number of hydrogen-bond donors (Lipinski definition) is 1. The van der Waals surface area contributed by atoms with E-state index in [1.807, 2.05) is 24.3 Å². The molecule has 3 fully saturated rings. The molecular weight excluding hydrogens is 384 g/mol. The summed E-state index contributed by atoms with van der Waals surface area (Å²) >= 11 is 0. The zero-order valence-corrected chi connectivity index (χ0v) is 17.5. The van der Waals surface area contributed by atoms with Gasteiger partial charge in [0, 0.05) is 30.8 Å². The van der Waals surface area contributed by atoms with Gasteiger partial charge in [-0.1, -0.05) is 6.08 Å². The predicted octanol–water partition coefficient (Wildman–Crippen LogP) is 2.54. The topological polar surface area (TPSA) is 95.0 Å². The van der Waals surface area contributed by atoms with E-state index >= 15 is 0 Å². The molecule has 7 nitrogen and oxygen atoms in total. The molecule has 1 aromatic carbocycles.